The molecule has 0 saturated heterocycles. The Labute approximate surface area is 322 Å². The van der Waals surface area contributed by atoms with Crippen molar-refractivity contribution in [1.29, 1.82) is 0 Å². The molecular formula is C48H34N2S3. The molecule has 6 aromatic carbocycles. The first-order chi connectivity index (χ1) is 26.3. The Bertz CT molecular complexity index is 2360. The molecule has 0 saturated carbocycles. The summed E-state index contributed by atoms with van der Waals surface area (Å²) in [4.78, 5) is 7.24. The second-order valence-corrected chi connectivity index (χ2v) is 15.5. The Kier molecular flexibility index (Phi) is 9.27. The van der Waals surface area contributed by atoms with Crippen LogP contribution in [0.3, 0.4) is 0 Å². The molecule has 3 aromatic heterocycles. The van der Waals surface area contributed by atoms with E-state index in [0.29, 0.717) is 0 Å². The lowest BCUT2D eigenvalue weighted by Gasteiger charge is -2.26. The maximum Gasteiger partial charge on any atom is 0.0999 e. The largest absolute Gasteiger partial charge is 0.301 e. The van der Waals surface area contributed by atoms with E-state index < -0.39 is 0 Å². The minimum atomic E-state index is 1.14. The fraction of sp³-hybridized carbons (Fsp3) is 0. The number of rotatable bonds is 10. The number of anilines is 6. The van der Waals surface area contributed by atoms with Gasteiger partial charge in [0.1, 0.15) is 0 Å². The third kappa shape index (κ3) is 6.74. The van der Waals surface area contributed by atoms with Crippen LogP contribution < -0.4 is 9.80 Å². The first kappa shape index (κ1) is 32.9. The van der Waals surface area contributed by atoms with Gasteiger partial charge in [-0.25, -0.2) is 0 Å². The molecule has 9 rings (SSSR count). The average Bonchev–Trinajstić information content (AvgIpc) is 4.05. The van der Waals surface area contributed by atoms with Crippen LogP contribution >= 0.6 is 34.0 Å². The second kappa shape index (κ2) is 14.9. The van der Waals surface area contributed by atoms with E-state index in [-0.39, 0.29) is 0 Å². The van der Waals surface area contributed by atoms with Crippen LogP contribution in [0.5, 0.6) is 0 Å². The standard InChI is InChI=1S/C48H34N2S3/c1-3-13-35(14-4-1)41-17-7-9-19-43(41)49(47-21-11-33-51-47)39-27-23-37(24-28-39)45-31-32-46(53-45)38-25-29-40(30-26-38)50(48-22-12-34-52-48)44-20-10-8-18-42(44)36-15-5-2-6-16-36/h1-34H. The topological polar surface area (TPSA) is 6.48 Å². The Morgan fingerprint density at radius 3 is 1.09 bits per heavy atom. The van der Waals surface area contributed by atoms with Crippen molar-refractivity contribution in [3.63, 3.8) is 0 Å². The summed E-state index contributed by atoms with van der Waals surface area (Å²) in [5.41, 5.74) is 11.8. The molecule has 9 aromatic rings. The van der Waals surface area contributed by atoms with Crippen LogP contribution in [-0.4, -0.2) is 0 Å². The molecule has 254 valence electrons. The van der Waals surface area contributed by atoms with Gasteiger partial charge in [-0.15, -0.1) is 34.0 Å². The molecule has 0 bridgehead atoms. The van der Waals surface area contributed by atoms with Crippen molar-refractivity contribution in [1.82, 2.24) is 0 Å². The highest BCUT2D eigenvalue weighted by Crippen LogP contribution is 2.45. The van der Waals surface area contributed by atoms with Gasteiger partial charge in [-0.2, -0.15) is 0 Å². The van der Waals surface area contributed by atoms with Crippen LogP contribution in [0.4, 0.5) is 32.8 Å². The van der Waals surface area contributed by atoms with Gasteiger partial charge in [0, 0.05) is 32.3 Å². The summed E-state index contributed by atoms with van der Waals surface area (Å²) < 4.78 is 0. The SMILES string of the molecule is c1ccc(-c2ccccc2N(c2ccc(-c3ccc(-c4ccc(N(c5cccs5)c5ccccc5-c5ccccc5)cc4)s3)cc2)c2cccs2)cc1. The van der Waals surface area contributed by atoms with Crippen molar-refractivity contribution in [2.45, 2.75) is 0 Å². The van der Waals surface area contributed by atoms with Gasteiger partial charge in [-0.1, -0.05) is 121 Å². The lowest BCUT2D eigenvalue weighted by Crippen LogP contribution is -2.09. The third-order valence-electron chi connectivity index (χ3n) is 9.34. The number of hydrogen-bond donors (Lipinski definition) is 0. The summed E-state index contributed by atoms with van der Waals surface area (Å²) in [5.74, 6) is 0. The first-order valence-corrected chi connectivity index (χ1v) is 20.1. The highest BCUT2D eigenvalue weighted by atomic mass is 32.1. The second-order valence-electron chi connectivity index (χ2n) is 12.6. The van der Waals surface area contributed by atoms with E-state index in [1.165, 1.54) is 53.1 Å². The van der Waals surface area contributed by atoms with E-state index in [9.17, 15) is 0 Å². The number of benzene rings is 6. The van der Waals surface area contributed by atoms with E-state index in [0.717, 1.165) is 22.7 Å². The Morgan fingerprint density at radius 2 is 0.698 bits per heavy atom. The lowest BCUT2D eigenvalue weighted by atomic mass is 10.0. The average molecular weight is 735 g/mol. The van der Waals surface area contributed by atoms with Crippen molar-refractivity contribution in [3.05, 3.63) is 205 Å². The van der Waals surface area contributed by atoms with E-state index in [1.54, 1.807) is 22.7 Å². The third-order valence-corrected chi connectivity index (χ3v) is 12.2. The van der Waals surface area contributed by atoms with Crippen molar-refractivity contribution >= 4 is 66.8 Å². The molecular weight excluding hydrogens is 701 g/mol. The van der Waals surface area contributed by atoms with Crippen LogP contribution in [0.1, 0.15) is 0 Å². The maximum absolute atomic E-state index is 2.37. The molecule has 0 aliphatic rings. The normalized spacial score (nSPS) is 11.0. The lowest BCUT2D eigenvalue weighted by molar-refractivity contribution is 1.32. The van der Waals surface area contributed by atoms with Crippen molar-refractivity contribution < 1.29 is 0 Å². The zero-order valence-corrected chi connectivity index (χ0v) is 31.2. The summed E-state index contributed by atoms with van der Waals surface area (Å²) in [6.07, 6.45) is 0. The van der Waals surface area contributed by atoms with Gasteiger partial charge in [-0.05, 0) is 106 Å². The smallest absolute Gasteiger partial charge is 0.0999 e. The molecule has 0 aliphatic carbocycles. The van der Waals surface area contributed by atoms with Crippen LogP contribution in [0.15, 0.2) is 205 Å². The van der Waals surface area contributed by atoms with Gasteiger partial charge >= 0.3 is 0 Å². The van der Waals surface area contributed by atoms with Crippen molar-refractivity contribution in [2.75, 3.05) is 9.80 Å². The van der Waals surface area contributed by atoms with Gasteiger partial charge in [0.2, 0.25) is 0 Å². The summed E-state index contributed by atoms with van der Waals surface area (Å²) in [5, 5.41) is 6.66. The predicted molar refractivity (Wildman–Crippen MR) is 231 cm³/mol. The number of thiophene rings is 3. The molecule has 0 atom stereocenters. The molecule has 3 heterocycles. The Balaban J connectivity index is 1.00. The molecule has 2 nitrogen and oxygen atoms in total. The molecule has 53 heavy (non-hydrogen) atoms. The first-order valence-electron chi connectivity index (χ1n) is 17.6. The molecule has 0 aliphatic heterocycles. The monoisotopic (exact) mass is 734 g/mol. The maximum atomic E-state index is 2.37. The van der Waals surface area contributed by atoms with Gasteiger partial charge in [0.15, 0.2) is 0 Å². The van der Waals surface area contributed by atoms with E-state index in [4.69, 9.17) is 0 Å². The minimum Gasteiger partial charge on any atom is -0.301 e. The van der Waals surface area contributed by atoms with E-state index in [1.807, 2.05) is 11.3 Å². The molecule has 0 spiro atoms. The zero-order valence-electron chi connectivity index (χ0n) is 28.7. The highest BCUT2D eigenvalue weighted by Gasteiger charge is 2.20. The van der Waals surface area contributed by atoms with Crippen LogP contribution in [0.2, 0.25) is 0 Å². The van der Waals surface area contributed by atoms with Crippen molar-refractivity contribution in [2.24, 2.45) is 0 Å². The molecule has 0 radical (unpaired) electrons. The summed E-state index contributed by atoms with van der Waals surface area (Å²) in [6, 6.07) is 69.8. The summed E-state index contributed by atoms with van der Waals surface area (Å²) in [6.45, 7) is 0. The fourth-order valence-corrected chi connectivity index (χ4v) is 9.37. The fourth-order valence-electron chi connectivity index (χ4n) is 6.82. The molecule has 0 fully saturated rings. The Morgan fingerprint density at radius 1 is 0.302 bits per heavy atom. The number of hydrogen-bond acceptors (Lipinski definition) is 5. The molecule has 0 N–H and O–H groups in total. The quantitative estimate of drug-likeness (QED) is 0.138. The van der Waals surface area contributed by atoms with Crippen molar-refractivity contribution in [3.8, 4) is 43.1 Å². The minimum absolute atomic E-state index is 1.14. The number of para-hydroxylation sites is 2. The van der Waals surface area contributed by atoms with E-state index in [2.05, 4.69) is 215 Å². The zero-order chi connectivity index (χ0) is 35.4. The van der Waals surface area contributed by atoms with Gasteiger partial charge < -0.3 is 9.80 Å². The molecule has 5 heteroatoms. The predicted octanol–water partition coefficient (Wildman–Crippen LogP) is 15.5. The van der Waals surface area contributed by atoms with Gasteiger partial charge in [-0.3, -0.25) is 0 Å². The number of nitrogens with zero attached hydrogens (tertiary/aromatic N) is 2. The molecule has 0 unspecified atom stereocenters. The van der Waals surface area contributed by atoms with Crippen LogP contribution in [-0.2, 0) is 0 Å². The van der Waals surface area contributed by atoms with Crippen LogP contribution in [0, 0.1) is 0 Å². The molecule has 0 amide bonds. The van der Waals surface area contributed by atoms with Gasteiger partial charge in [0.25, 0.3) is 0 Å². The summed E-state index contributed by atoms with van der Waals surface area (Å²) >= 11 is 5.34. The van der Waals surface area contributed by atoms with E-state index >= 15 is 0 Å². The van der Waals surface area contributed by atoms with Crippen LogP contribution in [0.25, 0.3) is 43.1 Å². The summed E-state index contributed by atoms with van der Waals surface area (Å²) in [7, 11) is 0. The Hall–Kier alpha value is -5.98. The highest BCUT2D eigenvalue weighted by molar-refractivity contribution is 7.18. The van der Waals surface area contributed by atoms with Gasteiger partial charge in [0.05, 0.1) is 21.4 Å².